The van der Waals surface area contributed by atoms with E-state index in [9.17, 15) is 24.3 Å². The lowest BCUT2D eigenvalue weighted by Gasteiger charge is -2.27. The van der Waals surface area contributed by atoms with E-state index < -0.39 is 12.0 Å². The molecule has 4 rings (SSSR count). The molecule has 3 aromatic carbocycles. The van der Waals surface area contributed by atoms with Gasteiger partial charge < -0.3 is 30.3 Å². The Bertz CT molecular complexity index is 1460. The summed E-state index contributed by atoms with van der Waals surface area (Å²) in [7, 11) is 1.63. The second-order valence-electron chi connectivity index (χ2n) is 10.4. The topological polar surface area (TPSA) is 128 Å². The lowest BCUT2D eigenvalue weighted by Crippen LogP contribution is -2.42. The van der Waals surface area contributed by atoms with Gasteiger partial charge in [0.2, 0.25) is 5.91 Å². The van der Waals surface area contributed by atoms with Crippen molar-refractivity contribution in [1.82, 2.24) is 5.32 Å². The van der Waals surface area contributed by atoms with E-state index >= 15 is 0 Å². The first-order chi connectivity index (χ1) is 20.7. The number of carboxylic acids is 1. The van der Waals surface area contributed by atoms with E-state index in [4.69, 9.17) is 16.3 Å². The van der Waals surface area contributed by atoms with Crippen LogP contribution in [0, 0.1) is 5.92 Å². The summed E-state index contributed by atoms with van der Waals surface area (Å²) in [5, 5.41) is 14.8. The smallest absolute Gasteiger partial charge is 0.335 e. The predicted octanol–water partition coefficient (Wildman–Crippen LogP) is 5.82. The van der Waals surface area contributed by atoms with Crippen LogP contribution in [0.4, 0.5) is 21.9 Å². The lowest BCUT2D eigenvalue weighted by molar-refractivity contribution is -0.120. The third-order valence-corrected chi connectivity index (χ3v) is 7.62. The Morgan fingerprint density at radius 3 is 2.44 bits per heavy atom. The van der Waals surface area contributed by atoms with Crippen LogP contribution in [-0.4, -0.2) is 55.7 Å². The Labute approximate surface area is 255 Å². The number of urea groups is 1. The average Bonchev–Trinajstić information content (AvgIpc) is 3.53. The van der Waals surface area contributed by atoms with Crippen molar-refractivity contribution in [3.63, 3.8) is 0 Å². The van der Waals surface area contributed by atoms with Crippen molar-refractivity contribution >= 4 is 52.5 Å². The van der Waals surface area contributed by atoms with Crippen LogP contribution in [0.3, 0.4) is 0 Å². The van der Waals surface area contributed by atoms with Gasteiger partial charge in [0.05, 0.1) is 17.8 Å². The number of nitrogens with zero attached hydrogens (tertiary/aromatic N) is 2. The highest BCUT2D eigenvalue weighted by atomic mass is 35.5. The summed E-state index contributed by atoms with van der Waals surface area (Å²) >= 11 is 6.07. The molecule has 3 aromatic rings. The molecule has 0 bridgehead atoms. The summed E-state index contributed by atoms with van der Waals surface area (Å²) in [5.41, 5.74) is 1.44. The first kappa shape index (κ1) is 31.4. The summed E-state index contributed by atoms with van der Waals surface area (Å²) in [4.78, 5) is 53.3. The second-order valence-corrected chi connectivity index (χ2v) is 10.8. The van der Waals surface area contributed by atoms with Crippen molar-refractivity contribution in [2.45, 2.75) is 32.1 Å². The zero-order valence-electron chi connectivity index (χ0n) is 23.9. The van der Waals surface area contributed by atoms with E-state index in [0.717, 1.165) is 19.3 Å². The van der Waals surface area contributed by atoms with Gasteiger partial charge in [0, 0.05) is 30.0 Å². The van der Waals surface area contributed by atoms with Gasteiger partial charge in [-0.1, -0.05) is 61.5 Å². The Morgan fingerprint density at radius 1 is 0.953 bits per heavy atom. The normalized spacial score (nSPS) is 12.8. The molecule has 10 nitrogen and oxygen atoms in total. The molecule has 0 unspecified atom stereocenters. The van der Waals surface area contributed by atoms with Gasteiger partial charge in [-0.15, -0.1) is 0 Å². The number of carboxylic acid groups (broad SMARTS) is 1. The fourth-order valence-electron chi connectivity index (χ4n) is 5.01. The number of aromatic carboxylic acids is 1. The molecule has 4 amide bonds. The number of hydrogen-bond acceptors (Lipinski definition) is 5. The first-order valence-corrected chi connectivity index (χ1v) is 14.5. The van der Waals surface area contributed by atoms with Crippen LogP contribution in [0.25, 0.3) is 0 Å². The molecule has 226 valence electrons. The maximum Gasteiger partial charge on any atom is 0.335 e. The van der Waals surface area contributed by atoms with Crippen LogP contribution < -0.4 is 25.2 Å². The molecule has 0 spiro atoms. The summed E-state index contributed by atoms with van der Waals surface area (Å²) < 4.78 is 5.94. The number of halogens is 1. The van der Waals surface area contributed by atoms with Gasteiger partial charge in [0.15, 0.2) is 6.61 Å². The van der Waals surface area contributed by atoms with E-state index in [-0.39, 0.29) is 36.2 Å². The van der Waals surface area contributed by atoms with Crippen LogP contribution in [0.15, 0.2) is 72.8 Å². The number of carbonyl (C=O) groups excluding carboxylic acids is 3. The second kappa shape index (κ2) is 15.1. The Hall–Kier alpha value is -4.57. The van der Waals surface area contributed by atoms with Gasteiger partial charge >= 0.3 is 12.0 Å². The average molecular weight is 607 g/mol. The van der Waals surface area contributed by atoms with Crippen molar-refractivity contribution < 1.29 is 29.0 Å². The maximum absolute atomic E-state index is 13.5. The number of hydrogen-bond donors (Lipinski definition) is 3. The van der Waals surface area contributed by atoms with Crippen molar-refractivity contribution in [1.29, 1.82) is 0 Å². The molecule has 0 heterocycles. The van der Waals surface area contributed by atoms with E-state index in [1.54, 1.807) is 66.5 Å². The van der Waals surface area contributed by atoms with Gasteiger partial charge in [-0.2, -0.15) is 0 Å². The third kappa shape index (κ3) is 8.96. The fourth-order valence-corrected chi connectivity index (χ4v) is 5.20. The Morgan fingerprint density at radius 2 is 1.70 bits per heavy atom. The van der Waals surface area contributed by atoms with Crippen molar-refractivity contribution in [2.24, 2.45) is 5.92 Å². The minimum atomic E-state index is -1.11. The molecule has 0 aliphatic heterocycles. The molecule has 1 aliphatic rings. The molecular weight excluding hydrogens is 572 g/mol. The number of nitrogens with one attached hydrogen (secondary N) is 2. The highest BCUT2D eigenvalue weighted by Gasteiger charge is 2.24. The van der Waals surface area contributed by atoms with Crippen LogP contribution in [0.5, 0.6) is 5.75 Å². The molecule has 0 radical (unpaired) electrons. The highest BCUT2D eigenvalue weighted by Crippen LogP contribution is 2.32. The van der Waals surface area contributed by atoms with Gasteiger partial charge in [-0.3, -0.25) is 9.59 Å². The Balaban J connectivity index is 1.44. The van der Waals surface area contributed by atoms with E-state index in [1.807, 2.05) is 0 Å². The molecule has 3 N–H and O–H groups in total. The minimum absolute atomic E-state index is 0.0285. The largest absolute Gasteiger partial charge is 0.482 e. The quantitative estimate of drug-likeness (QED) is 0.238. The molecular formula is C32H35ClN4O6. The van der Waals surface area contributed by atoms with Crippen LogP contribution in [-0.2, 0) is 9.59 Å². The number of amides is 4. The molecule has 1 aliphatic carbocycles. The van der Waals surface area contributed by atoms with Crippen LogP contribution >= 0.6 is 11.6 Å². The SMILES string of the molecule is CN(C(=O)COc1ccccc1N(CCC1CCCC1)C(=O)CNC(=O)Nc1cccc(C(=O)O)c1)c1cccc(Cl)c1. The Kier molecular flexibility index (Phi) is 11.0. The van der Waals surface area contributed by atoms with E-state index in [2.05, 4.69) is 10.6 Å². The van der Waals surface area contributed by atoms with Crippen LogP contribution in [0.1, 0.15) is 42.5 Å². The summed E-state index contributed by atoms with van der Waals surface area (Å²) in [6.45, 7) is -0.148. The zero-order chi connectivity index (χ0) is 30.8. The van der Waals surface area contributed by atoms with E-state index in [1.165, 1.54) is 35.9 Å². The molecule has 0 saturated heterocycles. The number of rotatable bonds is 12. The van der Waals surface area contributed by atoms with Crippen molar-refractivity contribution in [2.75, 3.05) is 41.9 Å². The number of likely N-dealkylation sites (N-methyl/N-ethyl adjacent to an activating group) is 1. The molecule has 0 aromatic heterocycles. The monoisotopic (exact) mass is 606 g/mol. The molecule has 1 saturated carbocycles. The number of para-hydroxylation sites is 2. The minimum Gasteiger partial charge on any atom is -0.482 e. The summed E-state index contributed by atoms with van der Waals surface area (Å²) in [5.74, 6) is -0.896. The van der Waals surface area contributed by atoms with Gasteiger partial charge in [-0.25, -0.2) is 9.59 Å². The molecule has 11 heteroatoms. The number of ether oxygens (including phenoxy) is 1. The zero-order valence-corrected chi connectivity index (χ0v) is 24.7. The standard InChI is InChI=1S/C32H35ClN4O6/c1-36(26-13-7-11-24(33)19-26)30(39)21-43-28-15-5-4-14-27(28)37(17-16-22-8-2-3-9-22)29(38)20-34-32(42)35-25-12-6-10-23(18-25)31(40)41/h4-7,10-15,18-19,22H,2-3,8-9,16-17,20-21H2,1H3,(H,40,41)(H2,34,35,42). The van der Waals surface area contributed by atoms with Crippen LogP contribution in [0.2, 0.25) is 5.02 Å². The number of benzene rings is 3. The number of carbonyl (C=O) groups is 4. The van der Waals surface area contributed by atoms with E-state index in [0.29, 0.717) is 34.6 Å². The third-order valence-electron chi connectivity index (χ3n) is 7.38. The van der Waals surface area contributed by atoms with Gasteiger partial charge in [0.1, 0.15) is 5.75 Å². The lowest BCUT2D eigenvalue weighted by atomic mass is 10.0. The van der Waals surface area contributed by atoms with Gasteiger partial charge in [-0.05, 0) is 60.9 Å². The summed E-state index contributed by atoms with van der Waals surface area (Å²) in [6.07, 6.45) is 5.36. The molecule has 43 heavy (non-hydrogen) atoms. The van der Waals surface area contributed by atoms with Crippen molar-refractivity contribution in [3.05, 3.63) is 83.4 Å². The summed E-state index contributed by atoms with van der Waals surface area (Å²) in [6, 6.07) is 19.1. The van der Waals surface area contributed by atoms with Gasteiger partial charge in [0.25, 0.3) is 5.91 Å². The fraction of sp³-hybridized carbons (Fsp3) is 0.312. The maximum atomic E-state index is 13.5. The highest BCUT2D eigenvalue weighted by molar-refractivity contribution is 6.30. The van der Waals surface area contributed by atoms with Crippen molar-refractivity contribution in [3.8, 4) is 5.75 Å². The molecule has 1 fully saturated rings. The predicted molar refractivity (Wildman–Crippen MR) is 166 cm³/mol. The number of anilines is 3. The first-order valence-electron chi connectivity index (χ1n) is 14.1. The molecule has 0 atom stereocenters.